The molecule has 1 unspecified atom stereocenters. The molecule has 1 saturated carbocycles. The maximum Gasteiger partial charge on any atom is 0.192 e. The molecule has 0 aliphatic heterocycles. The predicted molar refractivity (Wildman–Crippen MR) is 143 cm³/mol. The van der Waals surface area contributed by atoms with Crippen LogP contribution in [0.1, 0.15) is 72.9 Å². The van der Waals surface area contributed by atoms with Crippen molar-refractivity contribution in [3.05, 3.63) is 51.3 Å². The van der Waals surface area contributed by atoms with Gasteiger partial charge in [-0.05, 0) is 57.9 Å². The van der Waals surface area contributed by atoms with Gasteiger partial charge in [0, 0.05) is 40.7 Å². The Morgan fingerprint density at radius 2 is 1.91 bits per heavy atom. The molecule has 1 aliphatic rings. The second-order valence-corrected chi connectivity index (χ2v) is 11.0. The van der Waals surface area contributed by atoms with E-state index in [1.807, 2.05) is 32.0 Å². The number of halogens is 2. The van der Waals surface area contributed by atoms with Crippen molar-refractivity contribution in [2.24, 2.45) is 0 Å². The van der Waals surface area contributed by atoms with Crippen molar-refractivity contribution in [2.45, 2.75) is 70.1 Å². The first-order chi connectivity index (χ1) is 16.8. The molecule has 1 aliphatic carbocycles. The molecule has 0 saturated heterocycles. The Hall–Kier alpha value is -1.80. The molecule has 0 bridgehead atoms. The molecule has 0 radical (unpaired) electrons. The summed E-state index contributed by atoms with van der Waals surface area (Å²) in [6.07, 6.45) is 5.72. The smallest absolute Gasteiger partial charge is 0.192 e. The van der Waals surface area contributed by atoms with E-state index in [1.165, 1.54) is 31.0 Å². The summed E-state index contributed by atoms with van der Waals surface area (Å²) in [5.74, 6) is 1.12. The number of aromatic nitrogens is 4. The topological polar surface area (TPSA) is 61.9 Å². The van der Waals surface area contributed by atoms with Gasteiger partial charge in [0.25, 0.3) is 0 Å². The highest BCUT2D eigenvalue weighted by molar-refractivity contribution is 7.99. The molecule has 2 heterocycles. The number of rotatable bonds is 9. The zero-order valence-corrected chi connectivity index (χ0v) is 23.0. The maximum absolute atomic E-state index is 13.3. The lowest BCUT2D eigenvalue weighted by Crippen LogP contribution is -2.16. The minimum atomic E-state index is 0.0863. The van der Waals surface area contributed by atoms with E-state index in [0.29, 0.717) is 22.4 Å². The van der Waals surface area contributed by atoms with E-state index in [-0.39, 0.29) is 17.9 Å². The van der Waals surface area contributed by atoms with Crippen LogP contribution < -0.4 is 0 Å². The fraction of sp³-hybridized carbons (Fsp3) is 0.500. The third-order valence-electron chi connectivity index (χ3n) is 6.74. The molecule has 4 rings (SSSR count). The van der Waals surface area contributed by atoms with Crippen LogP contribution in [0, 0.1) is 13.8 Å². The first kappa shape index (κ1) is 26.3. The number of Topliss-reactive ketones (excluding diaryl/α,β-unsaturated/α-hetero) is 1. The highest BCUT2D eigenvalue weighted by Crippen LogP contribution is 2.38. The van der Waals surface area contributed by atoms with Crippen LogP contribution in [0.25, 0.3) is 11.4 Å². The molecule has 1 aromatic carbocycles. The third-order valence-corrected chi connectivity index (χ3v) is 8.23. The van der Waals surface area contributed by atoms with Crippen molar-refractivity contribution in [3.63, 3.8) is 0 Å². The van der Waals surface area contributed by atoms with E-state index < -0.39 is 0 Å². The molecule has 3 aromatic rings. The number of carbonyl (C=O) groups is 1. The number of hydrogen-bond donors (Lipinski definition) is 0. The van der Waals surface area contributed by atoms with Crippen molar-refractivity contribution in [3.8, 4) is 11.4 Å². The van der Waals surface area contributed by atoms with Crippen molar-refractivity contribution < 1.29 is 9.53 Å². The van der Waals surface area contributed by atoms with Gasteiger partial charge in [0.05, 0.1) is 23.4 Å². The SMILES string of the molecule is COCC(C)n1c(C)cc(C(=O)CSc2nnc(-c3ccc(Cl)cc3Cl)n2C2CCCCC2)c1C. The average molecular weight is 536 g/mol. The molecule has 0 amide bonds. The summed E-state index contributed by atoms with van der Waals surface area (Å²) in [5, 5.41) is 10.9. The summed E-state index contributed by atoms with van der Waals surface area (Å²) < 4.78 is 9.69. The Balaban J connectivity index is 1.61. The van der Waals surface area contributed by atoms with Crippen LogP contribution in [0.3, 0.4) is 0 Å². The molecule has 1 atom stereocenters. The largest absolute Gasteiger partial charge is 0.383 e. The van der Waals surface area contributed by atoms with Crippen LogP contribution in [0.5, 0.6) is 0 Å². The Kier molecular flexibility index (Phi) is 8.63. The fourth-order valence-electron chi connectivity index (χ4n) is 5.16. The van der Waals surface area contributed by atoms with E-state index in [4.69, 9.17) is 27.9 Å². The maximum atomic E-state index is 13.3. The van der Waals surface area contributed by atoms with Crippen molar-refractivity contribution in [1.82, 2.24) is 19.3 Å². The van der Waals surface area contributed by atoms with E-state index in [2.05, 4.69) is 26.3 Å². The van der Waals surface area contributed by atoms with Gasteiger partial charge in [0.2, 0.25) is 0 Å². The Morgan fingerprint density at radius 1 is 1.17 bits per heavy atom. The third kappa shape index (κ3) is 5.63. The van der Waals surface area contributed by atoms with Gasteiger partial charge >= 0.3 is 0 Å². The van der Waals surface area contributed by atoms with E-state index in [1.54, 1.807) is 13.2 Å². The summed E-state index contributed by atoms with van der Waals surface area (Å²) in [4.78, 5) is 13.3. The van der Waals surface area contributed by atoms with Gasteiger partial charge in [-0.25, -0.2) is 0 Å². The number of carbonyl (C=O) groups excluding carboxylic acids is 1. The van der Waals surface area contributed by atoms with Gasteiger partial charge in [-0.1, -0.05) is 54.2 Å². The average Bonchev–Trinajstić information content (AvgIpc) is 3.38. The summed E-state index contributed by atoms with van der Waals surface area (Å²) in [7, 11) is 1.70. The number of ether oxygens (including phenoxy) is 1. The van der Waals surface area contributed by atoms with Gasteiger partial charge < -0.3 is 9.30 Å². The lowest BCUT2D eigenvalue weighted by molar-refractivity contribution is 0.102. The number of thioether (sulfide) groups is 1. The van der Waals surface area contributed by atoms with Crippen LogP contribution in [0.4, 0.5) is 0 Å². The molecule has 9 heteroatoms. The zero-order valence-electron chi connectivity index (χ0n) is 20.7. The van der Waals surface area contributed by atoms with Crippen molar-refractivity contribution in [2.75, 3.05) is 19.5 Å². The zero-order chi connectivity index (χ0) is 25.1. The van der Waals surface area contributed by atoms with Crippen LogP contribution in [-0.4, -0.2) is 44.6 Å². The van der Waals surface area contributed by atoms with Gasteiger partial charge in [-0.3, -0.25) is 9.36 Å². The lowest BCUT2D eigenvalue weighted by Gasteiger charge is -2.25. The second kappa shape index (κ2) is 11.5. The molecule has 0 N–H and O–H groups in total. The standard InChI is InChI=1S/C26H32Cl2N4O2S/c1-16-12-22(18(3)31(16)17(2)14-34-4)24(33)15-35-26-30-29-25(21-11-10-19(27)13-23(21)28)32(26)20-8-6-5-7-9-20/h10-13,17,20H,5-9,14-15H2,1-4H3. The van der Waals surface area contributed by atoms with E-state index in [9.17, 15) is 4.79 Å². The van der Waals surface area contributed by atoms with E-state index >= 15 is 0 Å². The summed E-state index contributed by atoms with van der Waals surface area (Å²) in [5.41, 5.74) is 3.59. The van der Waals surface area contributed by atoms with E-state index in [0.717, 1.165) is 46.3 Å². The molecular formula is C26H32Cl2N4O2S. The number of methoxy groups -OCH3 is 1. The minimum absolute atomic E-state index is 0.0863. The Bertz CT molecular complexity index is 1200. The number of nitrogens with zero attached hydrogens (tertiary/aromatic N) is 4. The summed E-state index contributed by atoms with van der Waals surface area (Å²) in [6, 6.07) is 7.88. The highest BCUT2D eigenvalue weighted by atomic mass is 35.5. The fourth-order valence-corrected chi connectivity index (χ4v) is 6.54. The van der Waals surface area contributed by atoms with Gasteiger partial charge in [-0.15, -0.1) is 10.2 Å². The second-order valence-electron chi connectivity index (χ2n) is 9.26. The normalized spacial score (nSPS) is 15.5. The minimum Gasteiger partial charge on any atom is -0.383 e. The number of hydrogen-bond acceptors (Lipinski definition) is 5. The van der Waals surface area contributed by atoms with Crippen molar-refractivity contribution in [1.29, 1.82) is 0 Å². The molecule has 1 fully saturated rings. The number of benzene rings is 1. The summed E-state index contributed by atoms with van der Waals surface area (Å²) in [6.45, 7) is 6.73. The van der Waals surface area contributed by atoms with Gasteiger partial charge in [0.15, 0.2) is 16.8 Å². The monoisotopic (exact) mass is 534 g/mol. The predicted octanol–water partition coefficient (Wildman–Crippen LogP) is 7.36. The number of aryl methyl sites for hydroxylation is 1. The molecule has 35 heavy (non-hydrogen) atoms. The van der Waals surface area contributed by atoms with Crippen LogP contribution >= 0.6 is 35.0 Å². The molecular weight excluding hydrogens is 503 g/mol. The van der Waals surface area contributed by atoms with Crippen molar-refractivity contribution >= 4 is 40.7 Å². The van der Waals surface area contributed by atoms with Crippen LogP contribution in [0.15, 0.2) is 29.4 Å². The van der Waals surface area contributed by atoms with Gasteiger partial charge in [-0.2, -0.15) is 0 Å². The van der Waals surface area contributed by atoms with Crippen LogP contribution in [0.2, 0.25) is 10.0 Å². The lowest BCUT2D eigenvalue weighted by atomic mass is 9.95. The first-order valence-corrected chi connectivity index (χ1v) is 13.8. The van der Waals surface area contributed by atoms with Crippen LogP contribution in [-0.2, 0) is 4.74 Å². The highest BCUT2D eigenvalue weighted by Gasteiger charge is 2.26. The quantitative estimate of drug-likeness (QED) is 0.212. The number of ketones is 1. The Morgan fingerprint density at radius 3 is 2.60 bits per heavy atom. The molecule has 6 nitrogen and oxygen atoms in total. The Labute approximate surface area is 221 Å². The summed E-state index contributed by atoms with van der Waals surface area (Å²) >= 11 is 14.1. The van der Waals surface area contributed by atoms with Gasteiger partial charge in [0.1, 0.15) is 0 Å². The molecule has 2 aromatic heterocycles. The molecule has 0 spiro atoms. The first-order valence-electron chi connectivity index (χ1n) is 12.1. The molecule has 188 valence electrons.